The summed E-state index contributed by atoms with van der Waals surface area (Å²) in [4.78, 5) is 17.4. The smallest absolute Gasteiger partial charge is 0.227 e. The first-order valence-corrected chi connectivity index (χ1v) is 11.8. The van der Waals surface area contributed by atoms with Crippen LogP contribution < -0.4 is 4.90 Å². The van der Waals surface area contributed by atoms with E-state index >= 15 is 0 Å². The van der Waals surface area contributed by atoms with E-state index in [0.717, 1.165) is 43.7 Å². The van der Waals surface area contributed by atoms with E-state index in [1.165, 1.54) is 11.1 Å². The van der Waals surface area contributed by atoms with E-state index in [0.29, 0.717) is 16.5 Å². The predicted octanol–water partition coefficient (Wildman–Crippen LogP) is 6.58. The second-order valence-electron chi connectivity index (χ2n) is 8.45. The molecule has 1 aliphatic heterocycles. The van der Waals surface area contributed by atoms with Crippen LogP contribution in [0.25, 0.3) is 0 Å². The fraction of sp³-hybridized carbons (Fsp3) is 0.296. The normalized spacial score (nSPS) is 14.6. The topological polar surface area (TPSA) is 23.6 Å². The SMILES string of the molecule is CN(C(=O)CC(CCN1CCc2ccccc2C1)c1ccc(Cl)c(Cl)c1)c1ccccc1. The van der Waals surface area contributed by atoms with Gasteiger partial charge in [0.15, 0.2) is 0 Å². The Kier molecular flexibility index (Phi) is 7.51. The second-order valence-corrected chi connectivity index (χ2v) is 9.26. The van der Waals surface area contributed by atoms with Crippen molar-refractivity contribution in [2.24, 2.45) is 0 Å². The van der Waals surface area contributed by atoms with Gasteiger partial charge in [-0.1, -0.05) is 71.7 Å². The Labute approximate surface area is 200 Å². The van der Waals surface area contributed by atoms with Crippen LogP contribution in [0.3, 0.4) is 0 Å². The molecule has 0 spiro atoms. The standard InChI is InChI=1S/C27H28Cl2N2O/c1-30(24-9-3-2-4-10-24)27(32)18-22(21-11-12-25(28)26(29)17-21)14-16-31-15-13-20-7-5-6-8-23(20)19-31/h2-12,17,22H,13-16,18-19H2,1H3. The van der Waals surface area contributed by atoms with Gasteiger partial charge in [-0.3, -0.25) is 9.69 Å². The molecule has 0 bridgehead atoms. The van der Waals surface area contributed by atoms with Crippen molar-refractivity contribution in [2.75, 3.05) is 25.0 Å². The van der Waals surface area contributed by atoms with Crippen molar-refractivity contribution >= 4 is 34.8 Å². The minimum atomic E-state index is 0.0700. The number of hydrogen-bond acceptors (Lipinski definition) is 2. The van der Waals surface area contributed by atoms with Crippen molar-refractivity contribution in [3.8, 4) is 0 Å². The lowest BCUT2D eigenvalue weighted by atomic mass is 9.91. The number of carbonyl (C=O) groups is 1. The molecule has 0 fully saturated rings. The zero-order chi connectivity index (χ0) is 22.5. The molecule has 32 heavy (non-hydrogen) atoms. The van der Waals surface area contributed by atoms with Crippen LogP contribution in [0.5, 0.6) is 0 Å². The van der Waals surface area contributed by atoms with E-state index in [1.54, 1.807) is 4.90 Å². The van der Waals surface area contributed by atoms with Gasteiger partial charge in [0.25, 0.3) is 0 Å². The third-order valence-electron chi connectivity index (χ3n) is 6.36. The number of rotatable bonds is 7. The highest BCUT2D eigenvalue weighted by Gasteiger charge is 2.23. The number of nitrogens with zero attached hydrogens (tertiary/aromatic N) is 2. The second kappa shape index (κ2) is 10.5. The fourth-order valence-electron chi connectivity index (χ4n) is 4.38. The fourth-order valence-corrected chi connectivity index (χ4v) is 4.69. The summed E-state index contributed by atoms with van der Waals surface area (Å²) in [6.07, 6.45) is 2.38. The first-order chi connectivity index (χ1) is 15.5. The molecule has 1 atom stereocenters. The zero-order valence-corrected chi connectivity index (χ0v) is 19.8. The molecule has 0 aromatic heterocycles. The molecule has 3 aromatic carbocycles. The highest BCUT2D eigenvalue weighted by Crippen LogP contribution is 2.32. The zero-order valence-electron chi connectivity index (χ0n) is 18.3. The molecule has 0 N–H and O–H groups in total. The monoisotopic (exact) mass is 466 g/mol. The molecule has 0 radical (unpaired) electrons. The Morgan fingerprint density at radius 3 is 2.44 bits per heavy atom. The van der Waals surface area contributed by atoms with Crippen molar-refractivity contribution in [3.05, 3.63) is 99.5 Å². The molecule has 0 aliphatic carbocycles. The van der Waals surface area contributed by atoms with Gasteiger partial charge < -0.3 is 4.90 Å². The summed E-state index contributed by atoms with van der Waals surface area (Å²) < 4.78 is 0. The van der Waals surface area contributed by atoms with Crippen LogP contribution >= 0.6 is 23.2 Å². The number of fused-ring (bicyclic) bond motifs is 1. The van der Waals surface area contributed by atoms with Crippen LogP contribution in [0.15, 0.2) is 72.8 Å². The van der Waals surface area contributed by atoms with Gasteiger partial charge in [0.1, 0.15) is 0 Å². The molecule has 1 heterocycles. The molecule has 1 aliphatic rings. The Hall–Kier alpha value is -2.33. The van der Waals surface area contributed by atoms with Gasteiger partial charge in [-0.15, -0.1) is 0 Å². The number of carbonyl (C=O) groups excluding carboxylic acids is 1. The molecule has 3 aromatic rings. The van der Waals surface area contributed by atoms with Crippen molar-refractivity contribution in [1.29, 1.82) is 0 Å². The van der Waals surface area contributed by atoms with E-state index in [4.69, 9.17) is 23.2 Å². The first-order valence-electron chi connectivity index (χ1n) is 11.1. The predicted molar refractivity (Wildman–Crippen MR) is 134 cm³/mol. The van der Waals surface area contributed by atoms with Crippen LogP contribution in [0, 0.1) is 0 Å². The van der Waals surface area contributed by atoms with Gasteiger partial charge in [0, 0.05) is 32.2 Å². The van der Waals surface area contributed by atoms with Crippen molar-refractivity contribution in [2.45, 2.75) is 31.7 Å². The minimum Gasteiger partial charge on any atom is -0.315 e. The van der Waals surface area contributed by atoms with Crippen molar-refractivity contribution in [1.82, 2.24) is 4.90 Å². The maximum Gasteiger partial charge on any atom is 0.227 e. The summed E-state index contributed by atoms with van der Waals surface area (Å²) in [6, 6.07) is 24.2. The lowest BCUT2D eigenvalue weighted by Crippen LogP contribution is -2.33. The summed E-state index contributed by atoms with van der Waals surface area (Å²) in [7, 11) is 1.84. The first kappa shape index (κ1) is 22.8. The Bertz CT molecular complexity index is 1070. The maximum atomic E-state index is 13.1. The Morgan fingerprint density at radius 2 is 1.69 bits per heavy atom. The average Bonchev–Trinajstić information content (AvgIpc) is 2.83. The number of halogens is 2. The van der Waals surface area contributed by atoms with Crippen LogP contribution in [0.2, 0.25) is 10.0 Å². The van der Waals surface area contributed by atoms with Gasteiger partial charge in [-0.2, -0.15) is 0 Å². The molecule has 0 saturated carbocycles. The van der Waals surface area contributed by atoms with Gasteiger partial charge in [-0.25, -0.2) is 0 Å². The van der Waals surface area contributed by atoms with Crippen LogP contribution in [0.1, 0.15) is 35.4 Å². The summed E-state index contributed by atoms with van der Waals surface area (Å²) in [6.45, 7) is 2.94. The summed E-state index contributed by atoms with van der Waals surface area (Å²) in [5, 5.41) is 1.07. The minimum absolute atomic E-state index is 0.0700. The largest absolute Gasteiger partial charge is 0.315 e. The molecule has 4 rings (SSSR count). The molecular weight excluding hydrogens is 439 g/mol. The van der Waals surface area contributed by atoms with Crippen LogP contribution in [0.4, 0.5) is 5.69 Å². The maximum absolute atomic E-state index is 13.1. The molecule has 166 valence electrons. The highest BCUT2D eigenvalue weighted by atomic mass is 35.5. The highest BCUT2D eigenvalue weighted by molar-refractivity contribution is 6.42. The van der Waals surface area contributed by atoms with E-state index in [-0.39, 0.29) is 11.8 Å². The number of amides is 1. The van der Waals surface area contributed by atoms with E-state index in [1.807, 2.05) is 55.6 Å². The van der Waals surface area contributed by atoms with Crippen molar-refractivity contribution < 1.29 is 4.79 Å². The molecule has 1 unspecified atom stereocenters. The third-order valence-corrected chi connectivity index (χ3v) is 7.10. The van der Waals surface area contributed by atoms with E-state index < -0.39 is 0 Å². The van der Waals surface area contributed by atoms with Crippen LogP contribution in [-0.4, -0.2) is 30.9 Å². The van der Waals surface area contributed by atoms with Crippen molar-refractivity contribution in [3.63, 3.8) is 0 Å². The summed E-state index contributed by atoms with van der Waals surface area (Å²) in [5.74, 6) is 0.164. The lowest BCUT2D eigenvalue weighted by Gasteiger charge is -2.30. The summed E-state index contributed by atoms with van der Waals surface area (Å²) >= 11 is 12.5. The molecule has 5 heteroatoms. The number of anilines is 1. The lowest BCUT2D eigenvalue weighted by molar-refractivity contribution is -0.118. The Balaban J connectivity index is 1.48. The van der Waals surface area contributed by atoms with E-state index in [9.17, 15) is 4.79 Å². The quantitative estimate of drug-likeness (QED) is 0.392. The van der Waals surface area contributed by atoms with Gasteiger partial charge in [0.05, 0.1) is 10.0 Å². The van der Waals surface area contributed by atoms with Gasteiger partial charge in [-0.05, 0) is 66.3 Å². The van der Waals surface area contributed by atoms with Gasteiger partial charge >= 0.3 is 0 Å². The Morgan fingerprint density at radius 1 is 0.969 bits per heavy atom. The molecule has 3 nitrogen and oxygen atoms in total. The summed E-state index contributed by atoms with van der Waals surface area (Å²) in [5.41, 5.74) is 4.82. The van der Waals surface area contributed by atoms with Crippen LogP contribution in [-0.2, 0) is 17.8 Å². The third kappa shape index (κ3) is 5.53. The average molecular weight is 467 g/mol. The van der Waals surface area contributed by atoms with Gasteiger partial charge in [0.2, 0.25) is 5.91 Å². The number of para-hydroxylation sites is 1. The number of hydrogen-bond donors (Lipinski definition) is 0. The van der Waals surface area contributed by atoms with E-state index in [2.05, 4.69) is 29.2 Å². The molecular formula is C27H28Cl2N2O. The number of benzene rings is 3. The molecule has 0 saturated heterocycles. The molecule has 1 amide bonds.